The lowest BCUT2D eigenvalue weighted by Gasteiger charge is -2.39. The highest BCUT2D eigenvalue weighted by Crippen LogP contribution is 2.39. The summed E-state index contributed by atoms with van der Waals surface area (Å²) in [6.45, 7) is 1.96. The van der Waals surface area contributed by atoms with E-state index in [0.29, 0.717) is 19.0 Å². The maximum atomic E-state index is 5.66. The number of nitrogens with zero attached hydrogens (tertiary/aromatic N) is 8. The molecular formula is C16H13N9OS. The number of ether oxygens (including phenoxy) is 1. The van der Waals surface area contributed by atoms with Crippen LogP contribution in [-0.2, 0) is 4.74 Å². The molecule has 10 nitrogen and oxygen atoms in total. The minimum atomic E-state index is -0.000664. The predicted molar refractivity (Wildman–Crippen MR) is 96.5 cm³/mol. The average molecular weight is 379 g/mol. The van der Waals surface area contributed by atoms with Gasteiger partial charge in [0.2, 0.25) is 0 Å². The molecular weight excluding hydrogens is 366 g/mol. The van der Waals surface area contributed by atoms with Crippen LogP contribution < -0.4 is 4.90 Å². The maximum absolute atomic E-state index is 5.66. The summed E-state index contributed by atoms with van der Waals surface area (Å²) in [5.41, 5.74) is 2.52. The molecule has 0 amide bonds. The van der Waals surface area contributed by atoms with Crippen molar-refractivity contribution in [3.05, 3.63) is 36.1 Å². The number of H-pyrrole nitrogens is 1. The van der Waals surface area contributed by atoms with Crippen molar-refractivity contribution in [2.24, 2.45) is 0 Å². The van der Waals surface area contributed by atoms with Gasteiger partial charge in [-0.25, -0.2) is 15.0 Å². The monoisotopic (exact) mass is 379 g/mol. The predicted octanol–water partition coefficient (Wildman–Crippen LogP) is 1.46. The molecule has 0 aromatic carbocycles. The van der Waals surface area contributed by atoms with Crippen LogP contribution in [0.4, 0.5) is 5.82 Å². The Kier molecular flexibility index (Phi) is 3.13. The van der Waals surface area contributed by atoms with Crippen molar-refractivity contribution in [2.45, 2.75) is 6.04 Å². The Morgan fingerprint density at radius 3 is 3.19 bits per heavy atom. The molecule has 2 aliphatic heterocycles. The van der Waals surface area contributed by atoms with Gasteiger partial charge in [-0.1, -0.05) is 0 Å². The van der Waals surface area contributed by atoms with E-state index in [9.17, 15) is 0 Å². The lowest BCUT2D eigenvalue weighted by atomic mass is 10.1. The fourth-order valence-corrected chi connectivity index (χ4v) is 4.22. The van der Waals surface area contributed by atoms with E-state index in [1.54, 1.807) is 30.1 Å². The van der Waals surface area contributed by atoms with E-state index < -0.39 is 0 Å². The number of aromatic nitrogens is 8. The number of hydrogen-bond donors (Lipinski definition) is 1. The minimum absolute atomic E-state index is 0.000664. The fraction of sp³-hybridized carbons (Fsp3) is 0.250. The second-order valence-electron chi connectivity index (χ2n) is 6.24. The van der Waals surface area contributed by atoms with Crippen LogP contribution in [0.1, 0.15) is 11.9 Å². The third-order valence-electron chi connectivity index (χ3n) is 4.81. The van der Waals surface area contributed by atoms with E-state index in [4.69, 9.17) is 9.72 Å². The van der Waals surface area contributed by atoms with E-state index in [0.717, 1.165) is 40.1 Å². The van der Waals surface area contributed by atoms with Crippen LogP contribution in [0.2, 0.25) is 0 Å². The van der Waals surface area contributed by atoms with Gasteiger partial charge in [-0.2, -0.15) is 5.10 Å². The largest absolute Gasteiger partial charge is 0.377 e. The third kappa shape index (κ3) is 2.15. The Balaban J connectivity index is 1.52. The normalized spacial score (nSPS) is 18.1. The molecule has 0 aliphatic carbocycles. The summed E-state index contributed by atoms with van der Waals surface area (Å²) in [5.74, 6) is 2.31. The first kappa shape index (κ1) is 14.9. The van der Waals surface area contributed by atoms with Gasteiger partial charge in [0.05, 0.1) is 31.2 Å². The first-order valence-electron chi connectivity index (χ1n) is 8.45. The van der Waals surface area contributed by atoms with Crippen LogP contribution in [0.5, 0.6) is 0 Å². The Hall–Kier alpha value is -3.18. The molecule has 6 heterocycles. The summed E-state index contributed by atoms with van der Waals surface area (Å²) >= 11 is 1.54. The smallest absolute Gasteiger partial charge is 0.165 e. The van der Waals surface area contributed by atoms with Gasteiger partial charge in [-0.15, -0.1) is 21.5 Å². The molecule has 1 atom stereocenters. The lowest BCUT2D eigenvalue weighted by Crippen LogP contribution is -2.44. The van der Waals surface area contributed by atoms with E-state index >= 15 is 0 Å². The second-order valence-corrected chi connectivity index (χ2v) is 7.14. The summed E-state index contributed by atoms with van der Waals surface area (Å²) in [4.78, 5) is 16.1. The van der Waals surface area contributed by atoms with E-state index in [1.165, 1.54) is 0 Å². The molecule has 4 aromatic rings. The van der Waals surface area contributed by atoms with Crippen LogP contribution in [0.3, 0.4) is 0 Å². The highest BCUT2D eigenvalue weighted by Gasteiger charge is 2.36. The Morgan fingerprint density at radius 2 is 2.26 bits per heavy atom. The molecule has 2 aliphatic rings. The summed E-state index contributed by atoms with van der Waals surface area (Å²) in [6.07, 6.45) is 7.02. The van der Waals surface area contributed by atoms with Gasteiger partial charge in [0.25, 0.3) is 0 Å². The first-order chi connectivity index (χ1) is 13.4. The molecule has 27 heavy (non-hydrogen) atoms. The zero-order chi connectivity index (χ0) is 17.8. The summed E-state index contributed by atoms with van der Waals surface area (Å²) in [5, 5.41) is 18.3. The zero-order valence-electron chi connectivity index (χ0n) is 14.0. The molecule has 6 rings (SSSR count). The van der Waals surface area contributed by atoms with Crippen molar-refractivity contribution >= 4 is 17.2 Å². The lowest BCUT2D eigenvalue weighted by molar-refractivity contribution is 0.0894. The molecule has 1 saturated heterocycles. The zero-order valence-corrected chi connectivity index (χ0v) is 14.8. The molecule has 1 N–H and O–H groups in total. The Morgan fingerprint density at radius 1 is 1.26 bits per heavy atom. The molecule has 0 spiro atoms. The first-order valence-corrected chi connectivity index (χ1v) is 9.33. The van der Waals surface area contributed by atoms with Crippen molar-refractivity contribution in [1.29, 1.82) is 0 Å². The molecule has 4 aromatic heterocycles. The fourth-order valence-electron chi connectivity index (χ4n) is 3.57. The highest BCUT2D eigenvalue weighted by atomic mass is 32.1. The van der Waals surface area contributed by atoms with Gasteiger partial charge >= 0.3 is 0 Å². The maximum Gasteiger partial charge on any atom is 0.165 e. The number of fused-ring (bicyclic) bond motifs is 6. The SMILES string of the molecule is c1csc(-c2[nH]ncc2-c2ncc3c(n2)N2CCOCC2c2nncn2-3)n1. The van der Waals surface area contributed by atoms with Crippen molar-refractivity contribution in [3.63, 3.8) is 0 Å². The van der Waals surface area contributed by atoms with Gasteiger partial charge in [0, 0.05) is 18.1 Å². The summed E-state index contributed by atoms with van der Waals surface area (Å²) < 4.78 is 7.60. The van der Waals surface area contributed by atoms with Gasteiger partial charge in [-0.3, -0.25) is 9.67 Å². The molecule has 0 radical (unpaired) electrons. The molecule has 134 valence electrons. The number of thiazole rings is 1. The van der Waals surface area contributed by atoms with E-state index in [2.05, 4.69) is 35.3 Å². The van der Waals surface area contributed by atoms with E-state index in [-0.39, 0.29) is 6.04 Å². The van der Waals surface area contributed by atoms with Crippen LogP contribution in [0.15, 0.2) is 30.3 Å². The van der Waals surface area contributed by atoms with Crippen LogP contribution in [0.25, 0.3) is 27.8 Å². The summed E-state index contributed by atoms with van der Waals surface area (Å²) in [7, 11) is 0. The summed E-state index contributed by atoms with van der Waals surface area (Å²) in [6, 6.07) is -0.000664. The van der Waals surface area contributed by atoms with Crippen LogP contribution in [0, 0.1) is 0 Å². The topological polar surface area (TPSA) is 111 Å². The number of aromatic amines is 1. The van der Waals surface area contributed by atoms with Crippen LogP contribution >= 0.6 is 11.3 Å². The Labute approximate surface area is 156 Å². The van der Waals surface area contributed by atoms with Crippen molar-refractivity contribution in [3.8, 4) is 27.8 Å². The molecule has 1 unspecified atom stereocenters. The average Bonchev–Trinajstić information content (AvgIpc) is 3.48. The number of nitrogens with one attached hydrogen (secondary N) is 1. The van der Waals surface area contributed by atoms with Crippen molar-refractivity contribution < 1.29 is 4.74 Å². The van der Waals surface area contributed by atoms with Crippen molar-refractivity contribution in [2.75, 3.05) is 24.7 Å². The molecule has 1 fully saturated rings. The highest BCUT2D eigenvalue weighted by molar-refractivity contribution is 7.13. The van der Waals surface area contributed by atoms with Gasteiger partial charge < -0.3 is 9.64 Å². The third-order valence-corrected chi connectivity index (χ3v) is 5.60. The number of anilines is 1. The van der Waals surface area contributed by atoms with Crippen molar-refractivity contribution in [1.82, 2.24) is 39.9 Å². The molecule has 0 saturated carbocycles. The quantitative estimate of drug-likeness (QED) is 0.557. The molecule has 0 bridgehead atoms. The van der Waals surface area contributed by atoms with Crippen LogP contribution in [-0.4, -0.2) is 59.7 Å². The van der Waals surface area contributed by atoms with Gasteiger partial charge in [-0.05, 0) is 0 Å². The number of morpholine rings is 1. The second kappa shape index (κ2) is 5.66. The number of hydrogen-bond acceptors (Lipinski definition) is 9. The Bertz CT molecular complexity index is 1120. The minimum Gasteiger partial charge on any atom is -0.377 e. The van der Waals surface area contributed by atoms with Gasteiger partial charge in [0.1, 0.15) is 28.8 Å². The standard InChI is InChI=1S/C16H13N9OS/c1-4-27-16(17-1)12-9(5-19-22-12)13-18-6-10-14(21-13)24-2-3-26-7-11(24)15-23-20-8-25(10)15/h1,4-6,8,11H,2-3,7H2,(H,19,22). The molecule has 11 heteroatoms. The van der Waals surface area contributed by atoms with E-state index in [1.807, 2.05) is 16.1 Å². The number of rotatable bonds is 2. The van der Waals surface area contributed by atoms with Gasteiger partial charge in [0.15, 0.2) is 17.5 Å².